The van der Waals surface area contributed by atoms with Gasteiger partial charge in [-0.05, 0) is 24.6 Å². The van der Waals surface area contributed by atoms with Crippen LogP contribution in [0.2, 0.25) is 0 Å². The molecule has 0 spiro atoms. The number of hydrogen-bond acceptors (Lipinski definition) is 3. The van der Waals surface area contributed by atoms with Crippen LogP contribution < -0.4 is 10.4 Å². The highest BCUT2D eigenvalue weighted by molar-refractivity contribution is 9.09. The monoisotopic (exact) mass is 350 g/mol. The molecule has 7 heteroatoms. The van der Waals surface area contributed by atoms with Crippen molar-refractivity contribution < 1.29 is 22.3 Å². The number of aryl methyl sites for hydroxylation is 1. The Balaban J connectivity index is 2.22. The lowest BCUT2D eigenvalue weighted by Gasteiger charge is -2.15. The fourth-order valence-corrected chi connectivity index (χ4v) is 1.79. The van der Waals surface area contributed by atoms with Crippen molar-refractivity contribution in [2.45, 2.75) is 17.9 Å². The molecule has 0 bridgehead atoms. The zero-order chi connectivity index (χ0) is 14.9. The summed E-state index contributed by atoms with van der Waals surface area (Å²) >= 11 is 2.51. The summed E-state index contributed by atoms with van der Waals surface area (Å²) in [5.41, 5.74) is 0.503. The molecule has 1 aromatic heterocycles. The minimum atomic E-state index is -4.38. The Bertz CT molecular complexity index is 679. The molecule has 1 atom stereocenters. The molecule has 0 radical (unpaired) electrons. The van der Waals surface area contributed by atoms with Crippen LogP contribution in [-0.2, 0) is 0 Å². The van der Waals surface area contributed by atoms with E-state index < -0.39 is 23.2 Å². The second-order valence-corrected chi connectivity index (χ2v) is 5.33. The second-order valence-electron chi connectivity index (χ2n) is 4.23. The normalized spacial score (nSPS) is 13.4. The van der Waals surface area contributed by atoms with E-state index in [1.54, 1.807) is 13.0 Å². The number of rotatable bonds is 3. The van der Waals surface area contributed by atoms with Crippen molar-refractivity contribution in [3.8, 4) is 5.75 Å². The van der Waals surface area contributed by atoms with Crippen LogP contribution in [0.1, 0.15) is 5.56 Å². The molecule has 2 aromatic rings. The maximum atomic E-state index is 12.3. The highest BCUT2D eigenvalue weighted by Gasteiger charge is 2.38. The van der Waals surface area contributed by atoms with E-state index in [0.29, 0.717) is 5.39 Å². The first kappa shape index (κ1) is 14.9. The van der Waals surface area contributed by atoms with Gasteiger partial charge in [-0.15, -0.1) is 0 Å². The van der Waals surface area contributed by atoms with Gasteiger partial charge in [0, 0.05) is 17.5 Å². The molecule has 0 amide bonds. The van der Waals surface area contributed by atoms with Crippen LogP contribution in [0, 0.1) is 6.92 Å². The lowest BCUT2D eigenvalue weighted by Crippen LogP contribution is -2.28. The average Bonchev–Trinajstić information content (AvgIpc) is 2.33. The Hall–Kier alpha value is -1.50. The summed E-state index contributed by atoms with van der Waals surface area (Å²) in [5.74, 6) is 0.208. The van der Waals surface area contributed by atoms with Gasteiger partial charge in [0.1, 0.15) is 22.8 Å². The Morgan fingerprint density at radius 2 is 2.05 bits per heavy atom. The summed E-state index contributed by atoms with van der Waals surface area (Å²) in [7, 11) is 0. The van der Waals surface area contributed by atoms with Crippen LogP contribution >= 0.6 is 15.9 Å². The van der Waals surface area contributed by atoms with E-state index in [4.69, 9.17) is 9.15 Å². The van der Waals surface area contributed by atoms with Crippen molar-refractivity contribution in [1.29, 1.82) is 0 Å². The second kappa shape index (κ2) is 5.47. The van der Waals surface area contributed by atoms with Gasteiger partial charge < -0.3 is 9.15 Å². The van der Waals surface area contributed by atoms with Crippen LogP contribution in [0.15, 0.2) is 33.5 Å². The lowest BCUT2D eigenvalue weighted by atomic mass is 10.1. The fourth-order valence-electron chi connectivity index (χ4n) is 1.66. The van der Waals surface area contributed by atoms with Crippen LogP contribution in [0.3, 0.4) is 0 Å². The maximum Gasteiger partial charge on any atom is 0.404 e. The highest BCUT2D eigenvalue weighted by Crippen LogP contribution is 2.28. The number of halogens is 4. The van der Waals surface area contributed by atoms with Gasteiger partial charge in [-0.1, -0.05) is 15.9 Å². The van der Waals surface area contributed by atoms with Crippen LogP contribution in [-0.4, -0.2) is 17.6 Å². The van der Waals surface area contributed by atoms with Crippen LogP contribution in [0.5, 0.6) is 5.75 Å². The van der Waals surface area contributed by atoms with Crippen molar-refractivity contribution in [3.63, 3.8) is 0 Å². The Morgan fingerprint density at radius 3 is 2.70 bits per heavy atom. The van der Waals surface area contributed by atoms with Gasteiger partial charge >= 0.3 is 11.8 Å². The average molecular weight is 351 g/mol. The van der Waals surface area contributed by atoms with Gasteiger partial charge in [0.15, 0.2) is 0 Å². The maximum absolute atomic E-state index is 12.3. The molecular weight excluding hydrogens is 341 g/mol. The fraction of sp³-hybridized carbons (Fsp3) is 0.308. The quantitative estimate of drug-likeness (QED) is 0.624. The van der Waals surface area contributed by atoms with Gasteiger partial charge in [0.2, 0.25) is 0 Å². The van der Waals surface area contributed by atoms with Gasteiger partial charge in [-0.25, -0.2) is 4.79 Å². The molecule has 2 rings (SSSR count). The number of fused-ring (bicyclic) bond motifs is 1. The molecule has 0 aliphatic carbocycles. The molecule has 108 valence electrons. The van der Waals surface area contributed by atoms with Gasteiger partial charge in [-0.3, -0.25) is 0 Å². The van der Waals surface area contributed by atoms with E-state index in [0.717, 1.165) is 5.56 Å². The number of hydrogen-bond donors (Lipinski definition) is 0. The number of ether oxygens (including phenoxy) is 1. The predicted molar refractivity (Wildman–Crippen MR) is 71.5 cm³/mol. The van der Waals surface area contributed by atoms with Gasteiger partial charge in [0.05, 0.1) is 0 Å². The Labute approximate surface area is 120 Å². The summed E-state index contributed by atoms with van der Waals surface area (Å²) < 4.78 is 47.0. The first-order valence-corrected chi connectivity index (χ1v) is 6.57. The first-order chi connectivity index (χ1) is 9.27. The molecule has 1 aromatic carbocycles. The smallest absolute Gasteiger partial charge is 0.404 e. The summed E-state index contributed by atoms with van der Waals surface area (Å²) in [5, 5.41) is 0.711. The molecule has 3 nitrogen and oxygen atoms in total. The molecule has 0 fully saturated rings. The highest BCUT2D eigenvalue weighted by atomic mass is 79.9. The minimum absolute atomic E-state index is 0.208. The molecule has 1 heterocycles. The largest absolute Gasteiger partial charge is 0.492 e. The zero-order valence-corrected chi connectivity index (χ0v) is 11.9. The molecular formula is C13H10BrF3O3. The molecule has 0 aliphatic rings. The Kier molecular flexibility index (Phi) is 4.08. The van der Waals surface area contributed by atoms with Crippen molar-refractivity contribution in [2.75, 3.05) is 6.61 Å². The first-order valence-electron chi connectivity index (χ1n) is 5.65. The molecule has 1 unspecified atom stereocenters. The van der Waals surface area contributed by atoms with E-state index in [1.807, 2.05) is 0 Å². The molecule has 0 saturated carbocycles. The van der Waals surface area contributed by atoms with Crippen LogP contribution in [0.4, 0.5) is 13.2 Å². The van der Waals surface area contributed by atoms with Crippen molar-refractivity contribution in [3.05, 3.63) is 40.2 Å². The minimum Gasteiger partial charge on any atom is -0.492 e. The Morgan fingerprint density at radius 1 is 1.35 bits per heavy atom. The SMILES string of the molecule is Cc1cc(=O)oc2cc(OCC(Br)C(F)(F)F)ccc12. The third-order valence-corrected chi connectivity index (χ3v) is 3.46. The van der Waals surface area contributed by atoms with E-state index in [2.05, 4.69) is 15.9 Å². The summed E-state index contributed by atoms with van der Waals surface area (Å²) in [6.45, 7) is 1.18. The van der Waals surface area contributed by atoms with Crippen molar-refractivity contribution in [1.82, 2.24) is 0 Å². The standard InChI is InChI=1S/C13H10BrF3O3/c1-7-4-12(18)20-10-5-8(2-3-9(7)10)19-6-11(14)13(15,16)17/h2-5,11H,6H2,1H3. The van der Waals surface area contributed by atoms with E-state index in [1.165, 1.54) is 18.2 Å². The summed E-state index contributed by atoms with van der Waals surface area (Å²) in [4.78, 5) is 9.49. The molecule has 0 N–H and O–H groups in total. The van der Waals surface area contributed by atoms with E-state index in [-0.39, 0.29) is 11.3 Å². The summed E-state index contributed by atoms with van der Waals surface area (Å²) in [6.07, 6.45) is -4.38. The van der Waals surface area contributed by atoms with Crippen LogP contribution in [0.25, 0.3) is 11.0 Å². The topological polar surface area (TPSA) is 39.4 Å². The number of benzene rings is 1. The van der Waals surface area contributed by atoms with E-state index >= 15 is 0 Å². The zero-order valence-electron chi connectivity index (χ0n) is 10.3. The number of alkyl halides is 4. The molecule has 20 heavy (non-hydrogen) atoms. The third-order valence-electron chi connectivity index (χ3n) is 2.67. The predicted octanol–water partition coefficient (Wildman–Crippen LogP) is 3.81. The van der Waals surface area contributed by atoms with Crippen molar-refractivity contribution >= 4 is 26.9 Å². The lowest BCUT2D eigenvalue weighted by molar-refractivity contribution is -0.132. The van der Waals surface area contributed by atoms with Gasteiger partial charge in [0.25, 0.3) is 0 Å². The van der Waals surface area contributed by atoms with Gasteiger partial charge in [-0.2, -0.15) is 13.2 Å². The third kappa shape index (κ3) is 3.33. The molecule has 0 saturated heterocycles. The molecule has 0 aliphatic heterocycles. The summed E-state index contributed by atoms with van der Waals surface area (Å²) in [6, 6.07) is 5.92. The van der Waals surface area contributed by atoms with E-state index in [9.17, 15) is 18.0 Å². The van der Waals surface area contributed by atoms with Crippen molar-refractivity contribution in [2.24, 2.45) is 0 Å².